The Bertz CT molecular complexity index is 900. The van der Waals surface area contributed by atoms with E-state index in [0.717, 1.165) is 18.1 Å². The number of amides is 2. The average molecular weight is 427 g/mol. The number of ether oxygens (including phenoxy) is 1. The average Bonchev–Trinajstić information content (AvgIpc) is 3.25. The van der Waals surface area contributed by atoms with Gasteiger partial charge in [0.25, 0.3) is 5.91 Å². The zero-order valence-electron chi connectivity index (χ0n) is 17.8. The Labute approximate surface area is 182 Å². The number of nitrogens with two attached hydrogens (primary N) is 1. The van der Waals surface area contributed by atoms with E-state index in [1.807, 2.05) is 24.3 Å². The number of rotatable bonds is 5. The maximum Gasteiger partial charge on any atom is 0.332 e. The molecule has 166 valence electrons. The van der Waals surface area contributed by atoms with E-state index in [4.69, 9.17) is 10.5 Å². The normalized spacial score (nSPS) is 17.5. The molecule has 0 bridgehead atoms. The fraction of sp³-hybridized carbons (Fsp3) is 0.545. The number of nitrogen functional groups attached to an aromatic ring is 1. The van der Waals surface area contributed by atoms with Crippen molar-refractivity contribution in [3.8, 4) is 5.75 Å². The van der Waals surface area contributed by atoms with Gasteiger partial charge < -0.3 is 20.3 Å². The third-order valence-electron chi connectivity index (χ3n) is 6.22. The number of carbonyl (C=O) groups excluding carboxylic acids is 2. The van der Waals surface area contributed by atoms with Crippen molar-refractivity contribution in [1.29, 1.82) is 0 Å². The number of nitrogens with zero attached hydrogens (tertiary/aromatic N) is 5. The molecule has 0 radical (unpaired) electrons. The van der Waals surface area contributed by atoms with Crippen LogP contribution < -0.4 is 10.5 Å². The lowest BCUT2D eigenvalue weighted by molar-refractivity contribution is 0.0665. The minimum Gasteiger partial charge on any atom is -0.494 e. The van der Waals surface area contributed by atoms with E-state index in [9.17, 15) is 9.59 Å². The first-order chi connectivity index (χ1) is 15.1. The molecule has 9 heteroatoms. The van der Waals surface area contributed by atoms with Crippen LogP contribution in [0.2, 0.25) is 0 Å². The highest BCUT2D eigenvalue weighted by atomic mass is 16.5. The molecular weight excluding hydrogens is 396 g/mol. The van der Waals surface area contributed by atoms with Crippen LogP contribution in [0.25, 0.3) is 0 Å². The number of piperazine rings is 1. The molecule has 31 heavy (non-hydrogen) atoms. The van der Waals surface area contributed by atoms with Crippen LogP contribution in [-0.4, -0.2) is 69.3 Å². The van der Waals surface area contributed by atoms with E-state index in [2.05, 4.69) is 10.2 Å². The van der Waals surface area contributed by atoms with E-state index < -0.39 is 0 Å². The van der Waals surface area contributed by atoms with Crippen LogP contribution in [0.1, 0.15) is 48.9 Å². The molecule has 1 aromatic heterocycles. The van der Waals surface area contributed by atoms with Gasteiger partial charge in [0.15, 0.2) is 0 Å². The molecule has 1 saturated carbocycles. The van der Waals surface area contributed by atoms with Gasteiger partial charge in [-0.05, 0) is 30.5 Å². The Balaban J connectivity index is 1.28. The smallest absolute Gasteiger partial charge is 0.332 e. The number of anilines is 1. The minimum atomic E-state index is -0.275. The van der Waals surface area contributed by atoms with Crippen LogP contribution in [0.5, 0.6) is 5.75 Å². The Morgan fingerprint density at radius 3 is 2.52 bits per heavy atom. The number of hydrogen-bond donors (Lipinski definition) is 1. The molecule has 1 aliphatic carbocycles. The van der Waals surface area contributed by atoms with Gasteiger partial charge in [-0.1, -0.05) is 38.2 Å². The molecule has 0 spiro atoms. The lowest BCUT2D eigenvalue weighted by Gasteiger charge is -2.34. The van der Waals surface area contributed by atoms with E-state index >= 15 is 0 Å². The summed E-state index contributed by atoms with van der Waals surface area (Å²) in [5.41, 5.74) is 6.27. The van der Waals surface area contributed by atoms with Crippen molar-refractivity contribution in [2.24, 2.45) is 5.92 Å². The van der Waals surface area contributed by atoms with E-state index in [-0.39, 0.29) is 17.9 Å². The van der Waals surface area contributed by atoms with Crippen molar-refractivity contribution in [3.05, 3.63) is 36.2 Å². The van der Waals surface area contributed by atoms with Crippen molar-refractivity contribution >= 4 is 17.9 Å². The highest BCUT2D eigenvalue weighted by Gasteiger charge is 2.26. The number of benzene rings is 1. The molecule has 0 unspecified atom stereocenters. The summed E-state index contributed by atoms with van der Waals surface area (Å²) >= 11 is 0. The molecular formula is C22H30N6O3. The molecule has 4 rings (SSSR count). The van der Waals surface area contributed by atoms with Gasteiger partial charge in [-0.3, -0.25) is 4.79 Å². The topological polar surface area (TPSA) is 107 Å². The van der Waals surface area contributed by atoms with Gasteiger partial charge in [-0.2, -0.15) is 0 Å². The van der Waals surface area contributed by atoms with Crippen LogP contribution in [0.3, 0.4) is 0 Å². The molecule has 1 saturated heterocycles. The van der Waals surface area contributed by atoms with Gasteiger partial charge in [0.2, 0.25) is 5.95 Å². The van der Waals surface area contributed by atoms with Gasteiger partial charge in [0.05, 0.1) is 6.61 Å². The first-order valence-corrected chi connectivity index (χ1v) is 11.1. The van der Waals surface area contributed by atoms with Gasteiger partial charge in [0, 0.05) is 31.7 Å². The van der Waals surface area contributed by atoms with E-state index in [1.165, 1.54) is 43.0 Å². The minimum absolute atomic E-state index is 0.0476. The second-order valence-electron chi connectivity index (χ2n) is 8.29. The monoisotopic (exact) mass is 426 g/mol. The van der Waals surface area contributed by atoms with Crippen LogP contribution in [0.15, 0.2) is 30.6 Å². The number of aromatic nitrogens is 3. The van der Waals surface area contributed by atoms with Crippen molar-refractivity contribution in [3.63, 3.8) is 0 Å². The number of hydrogen-bond acceptors (Lipinski definition) is 6. The summed E-state index contributed by atoms with van der Waals surface area (Å²) in [7, 11) is 0. The molecule has 2 fully saturated rings. The maximum atomic E-state index is 13.0. The Morgan fingerprint density at radius 2 is 1.81 bits per heavy atom. The van der Waals surface area contributed by atoms with Gasteiger partial charge >= 0.3 is 6.03 Å². The summed E-state index contributed by atoms with van der Waals surface area (Å²) in [6.45, 7) is 2.47. The van der Waals surface area contributed by atoms with Crippen LogP contribution in [-0.2, 0) is 0 Å². The largest absolute Gasteiger partial charge is 0.494 e. The lowest BCUT2D eigenvalue weighted by atomic mass is 9.87. The third-order valence-corrected chi connectivity index (χ3v) is 6.22. The van der Waals surface area contributed by atoms with Crippen molar-refractivity contribution < 1.29 is 14.3 Å². The molecule has 1 aromatic carbocycles. The van der Waals surface area contributed by atoms with Gasteiger partial charge in [0.1, 0.15) is 12.1 Å². The molecule has 2 N–H and O–H groups in total. The number of carbonyl (C=O) groups is 2. The second kappa shape index (κ2) is 9.80. The standard InChI is InChI=1S/C22H30N6O3/c23-21-25-24-16-28(21)22(30)27-12-10-26(11-13-27)20(29)18-7-4-8-19(15-18)31-14-9-17-5-2-1-3-6-17/h4,7-8,15-17H,1-3,5-6,9-14H2,(H2,23,25). The first-order valence-electron chi connectivity index (χ1n) is 11.1. The summed E-state index contributed by atoms with van der Waals surface area (Å²) < 4.78 is 7.15. The SMILES string of the molecule is Nc1nncn1C(=O)N1CCN(C(=O)c2cccc(OCCC3CCCCC3)c2)CC1. The highest BCUT2D eigenvalue weighted by Crippen LogP contribution is 2.26. The van der Waals surface area contributed by atoms with Crippen molar-refractivity contribution in [1.82, 2.24) is 24.6 Å². The Morgan fingerprint density at radius 1 is 1.06 bits per heavy atom. The molecule has 2 amide bonds. The van der Waals surface area contributed by atoms with Gasteiger partial charge in [-0.25, -0.2) is 9.36 Å². The van der Waals surface area contributed by atoms with E-state index in [0.29, 0.717) is 38.3 Å². The fourth-order valence-corrected chi connectivity index (χ4v) is 4.37. The predicted octanol–water partition coefficient (Wildman–Crippen LogP) is 2.64. The fourth-order valence-electron chi connectivity index (χ4n) is 4.37. The predicted molar refractivity (Wildman–Crippen MR) is 116 cm³/mol. The Hall–Kier alpha value is -3.10. The summed E-state index contributed by atoms with van der Waals surface area (Å²) in [6, 6.07) is 7.11. The van der Waals surface area contributed by atoms with Crippen molar-refractivity contribution in [2.45, 2.75) is 38.5 Å². The first kappa shape index (κ1) is 21.1. The second-order valence-corrected chi connectivity index (χ2v) is 8.29. The van der Waals surface area contributed by atoms with Crippen LogP contribution >= 0.6 is 0 Å². The summed E-state index contributed by atoms with van der Waals surface area (Å²) in [4.78, 5) is 28.9. The molecule has 2 heterocycles. The third kappa shape index (κ3) is 5.15. The van der Waals surface area contributed by atoms with E-state index in [1.54, 1.807) is 9.80 Å². The zero-order valence-corrected chi connectivity index (χ0v) is 17.8. The van der Waals surface area contributed by atoms with Gasteiger partial charge in [-0.15, -0.1) is 10.2 Å². The Kier molecular flexibility index (Phi) is 6.69. The zero-order chi connectivity index (χ0) is 21.6. The van der Waals surface area contributed by atoms with Crippen LogP contribution in [0.4, 0.5) is 10.7 Å². The molecule has 2 aromatic rings. The summed E-state index contributed by atoms with van der Waals surface area (Å²) in [6.07, 6.45) is 9.01. The molecule has 1 aliphatic heterocycles. The highest BCUT2D eigenvalue weighted by molar-refractivity contribution is 5.94. The molecule has 9 nitrogen and oxygen atoms in total. The summed E-state index contributed by atoms with van der Waals surface area (Å²) in [5.74, 6) is 1.52. The lowest BCUT2D eigenvalue weighted by Crippen LogP contribution is -2.51. The summed E-state index contributed by atoms with van der Waals surface area (Å²) in [5, 5.41) is 7.28. The maximum absolute atomic E-state index is 13.0. The molecule has 0 atom stereocenters. The molecule has 2 aliphatic rings. The van der Waals surface area contributed by atoms with Crippen molar-refractivity contribution in [2.75, 3.05) is 38.5 Å². The van der Waals surface area contributed by atoms with Crippen LogP contribution in [0, 0.1) is 5.92 Å². The quantitative estimate of drug-likeness (QED) is 0.788.